The van der Waals surface area contributed by atoms with Crippen LogP contribution in [-0.2, 0) is 4.79 Å². The van der Waals surface area contributed by atoms with Crippen molar-refractivity contribution in [2.24, 2.45) is 0 Å². The van der Waals surface area contributed by atoms with E-state index in [1.807, 2.05) is 7.05 Å². The predicted octanol–water partition coefficient (Wildman–Crippen LogP) is 0.929. The average molecular weight is 293 g/mol. The van der Waals surface area contributed by atoms with Gasteiger partial charge in [-0.25, -0.2) is 9.59 Å². The SMILES string of the molecule is CN1CCN(C(=O)Nc2ccc(OCC(=O)O)cc2)CC1. The highest BCUT2D eigenvalue weighted by atomic mass is 16.5. The van der Waals surface area contributed by atoms with Crippen molar-refractivity contribution in [1.82, 2.24) is 9.80 Å². The molecule has 0 saturated carbocycles. The van der Waals surface area contributed by atoms with E-state index in [-0.39, 0.29) is 12.6 Å². The van der Waals surface area contributed by atoms with Crippen molar-refractivity contribution in [2.75, 3.05) is 45.2 Å². The lowest BCUT2D eigenvalue weighted by molar-refractivity contribution is -0.139. The number of hydrogen-bond acceptors (Lipinski definition) is 4. The first-order valence-corrected chi connectivity index (χ1v) is 6.74. The zero-order chi connectivity index (χ0) is 15.2. The van der Waals surface area contributed by atoms with Crippen molar-refractivity contribution in [3.05, 3.63) is 24.3 Å². The number of likely N-dealkylation sites (N-methyl/N-ethyl adjacent to an activating group) is 1. The maximum Gasteiger partial charge on any atom is 0.341 e. The van der Waals surface area contributed by atoms with Gasteiger partial charge in [0.2, 0.25) is 0 Å². The second-order valence-electron chi connectivity index (χ2n) is 4.93. The van der Waals surface area contributed by atoms with E-state index < -0.39 is 5.97 Å². The van der Waals surface area contributed by atoms with Gasteiger partial charge in [-0.05, 0) is 31.3 Å². The fourth-order valence-electron chi connectivity index (χ4n) is 1.99. The molecule has 0 aromatic heterocycles. The number of carboxylic acids is 1. The van der Waals surface area contributed by atoms with Crippen molar-refractivity contribution < 1.29 is 19.4 Å². The molecule has 2 amide bonds. The van der Waals surface area contributed by atoms with E-state index in [4.69, 9.17) is 9.84 Å². The Kier molecular flexibility index (Phi) is 4.99. The van der Waals surface area contributed by atoms with Crippen LogP contribution in [0.5, 0.6) is 5.75 Å². The van der Waals surface area contributed by atoms with Crippen molar-refractivity contribution in [3.8, 4) is 5.75 Å². The highest BCUT2D eigenvalue weighted by Crippen LogP contribution is 2.16. The topological polar surface area (TPSA) is 82.1 Å². The molecule has 1 aromatic carbocycles. The van der Waals surface area contributed by atoms with Crippen LogP contribution in [0.1, 0.15) is 0 Å². The number of carbonyl (C=O) groups excluding carboxylic acids is 1. The number of nitrogens with one attached hydrogen (secondary N) is 1. The summed E-state index contributed by atoms with van der Waals surface area (Å²) in [5, 5.41) is 11.3. The number of carboxylic acid groups (broad SMARTS) is 1. The molecule has 2 N–H and O–H groups in total. The molecule has 1 aromatic rings. The summed E-state index contributed by atoms with van der Waals surface area (Å²) in [5.41, 5.74) is 0.654. The summed E-state index contributed by atoms with van der Waals surface area (Å²) in [6, 6.07) is 6.50. The number of benzene rings is 1. The number of rotatable bonds is 4. The number of aliphatic carboxylic acids is 1. The van der Waals surface area contributed by atoms with Crippen LogP contribution in [0.2, 0.25) is 0 Å². The molecule has 114 valence electrons. The van der Waals surface area contributed by atoms with Gasteiger partial charge in [0, 0.05) is 31.9 Å². The summed E-state index contributed by atoms with van der Waals surface area (Å²) in [4.78, 5) is 26.4. The second kappa shape index (κ2) is 6.94. The molecule has 1 aliphatic rings. The fraction of sp³-hybridized carbons (Fsp3) is 0.429. The van der Waals surface area contributed by atoms with Gasteiger partial charge in [-0.1, -0.05) is 0 Å². The molecule has 0 radical (unpaired) electrons. The van der Waals surface area contributed by atoms with E-state index in [1.165, 1.54) is 0 Å². The third-order valence-electron chi connectivity index (χ3n) is 3.26. The maximum absolute atomic E-state index is 12.1. The first-order valence-electron chi connectivity index (χ1n) is 6.74. The predicted molar refractivity (Wildman–Crippen MR) is 77.7 cm³/mol. The number of piperazine rings is 1. The summed E-state index contributed by atoms with van der Waals surface area (Å²) in [7, 11) is 2.03. The van der Waals surface area contributed by atoms with Crippen molar-refractivity contribution in [3.63, 3.8) is 0 Å². The first kappa shape index (κ1) is 15.1. The van der Waals surface area contributed by atoms with Crippen LogP contribution in [0.25, 0.3) is 0 Å². The number of carbonyl (C=O) groups is 2. The fourth-order valence-corrected chi connectivity index (χ4v) is 1.99. The molecule has 0 unspecified atom stereocenters. The standard InChI is InChI=1S/C14H19N3O4/c1-16-6-8-17(9-7-16)14(20)15-11-2-4-12(5-3-11)21-10-13(18)19/h2-5H,6-10H2,1H3,(H,15,20)(H,18,19). The summed E-state index contributed by atoms with van der Waals surface area (Å²) < 4.78 is 5.03. The van der Waals surface area contributed by atoms with E-state index in [1.54, 1.807) is 29.2 Å². The van der Waals surface area contributed by atoms with Crippen LogP contribution < -0.4 is 10.1 Å². The van der Waals surface area contributed by atoms with Gasteiger partial charge in [-0.3, -0.25) is 0 Å². The minimum Gasteiger partial charge on any atom is -0.482 e. The zero-order valence-electron chi connectivity index (χ0n) is 11.9. The third kappa shape index (κ3) is 4.64. The first-order chi connectivity index (χ1) is 10.0. The normalized spacial score (nSPS) is 15.6. The Hall–Kier alpha value is -2.28. The van der Waals surface area contributed by atoms with Gasteiger partial charge in [0.1, 0.15) is 5.75 Å². The molecular formula is C14H19N3O4. The third-order valence-corrected chi connectivity index (χ3v) is 3.26. The van der Waals surface area contributed by atoms with Crippen LogP contribution in [0.15, 0.2) is 24.3 Å². The summed E-state index contributed by atoms with van der Waals surface area (Å²) >= 11 is 0. The lowest BCUT2D eigenvalue weighted by Crippen LogP contribution is -2.48. The van der Waals surface area contributed by atoms with Crippen LogP contribution in [0.4, 0.5) is 10.5 Å². The van der Waals surface area contributed by atoms with Crippen LogP contribution in [-0.4, -0.2) is 66.7 Å². The highest BCUT2D eigenvalue weighted by molar-refractivity contribution is 5.89. The van der Waals surface area contributed by atoms with Gasteiger partial charge >= 0.3 is 12.0 Å². The number of nitrogens with zero attached hydrogens (tertiary/aromatic N) is 2. The molecule has 0 atom stereocenters. The molecule has 21 heavy (non-hydrogen) atoms. The Morgan fingerprint density at radius 3 is 2.38 bits per heavy atom. The molecule has 0 aliphatic carbocycles. The van der Waals surface area contributed by atoms with Crippen LogP contribution >= 0.6 is 0 Å². The largest absolute Gasteiger partial charge is 0.482 e. The summed E-state index contributed by atoms with van der Waals surface area (Å²) in [6.45, 7) is 2.78. The smallest absolute Gasteiger partial charge is 0.341 e. The number of anilines is 1. The van der Waals surface area contributed by atoms with Gasteiger partial charge in [0.15, 0.2) is 6.61 Å². The Labute approximate surface area is 123 Å². The molecule has 0 bridgehead atoms. The Balaban J connectivity index is 1.85. The summed E-state index contributed by atoms with van der Waals surface area (Å²) in [5.74, 6) is -0.572. The van der Waals surface area contributed by atoms with Gasteiger partial charge in [-0.15, -0.1) is 0 Å². The lowest BCUT2D eigenvalue weighted by Gasteiger charge is -2.32. The van der Waals surface area contributed by atoms with Crippen LogP contribution in [0, 0.1) is 0 Å². The molecular weight excluding hydrogens is 274 g/mol. The minimum absolute atomic E-state index is 0.123. The average Bonchev–Trinajstić information content (AvgIpc) is 2.47. The van der Waals surface area contributed by atoms with Crippen molar-refractivity contribution in [2.45, 2.75) is 0 Å². The van der Waals surface area contributed by atoms with E-state index >= 15 is 0 Å². The molecule has 1 heterocycles. The number of urea groups is 1. The van der Waals surface area contributed by atoms with Crippen LogP contribution in [0.3, 0.4) is 0 Å². The lowest BCUT2D eigenvalue weighted by atomic mass is 10.3. The van der Waals surface area contributed by atoms with Gasteiger partial charge in [0.05, 0.1) is 0 Å². The number of ether oxygens (including phenoxy) is 1. The van der Waals surface area contributed by atoms with Crippen molar-refractivity contribution >= 4 is 17.7 Å². The molecule has 1 aliphatic heterocycles. The quantitative estimate of drug-likeness (QED) is 0.863. The van der Waals surface area contributed by atoms with E-state index in [2.05, 4.69) is 10.2 Å². The molecule has 2 rings (SSSR count). The molecule has 7 nitrogen and oxygen atoms in total. The minimum atomic E-state index is -1.03. The monoisotopic (exact) mass is 293 g/mol. The van der Waals surface area contributed by atoms with E-state index in [0.29, 0.717) is 24.5 Å². The Bertz CT molecular complexity index is 495. The second-order valence-corrected chi connectivity index (χ2v) is 4.93. The van der Waals surface area contributed by atoms with E-state index in [9.17, 15) is 9.59 Å². The number of amides is 2. The Morgan fingerprint density at radius 1 is 1.19 bits per heavy atom. The molecule has 0 spiro atoms. The molecule has 7 heteroatoms. The highest BCUT2D eigenvalue weighted by Gasteiger charge is 2.18. The Morgan fingerprint density at radius 2 is 1.81 bits per heavy atom. The molecule has 1 fully saturated rings. The van der Waals surface area contributed by atoms with E-state index in [0.717, 1.165) is 13.1 Å². The van der Waals surface area contributed by atoms with Gasteiger partial charge < -0.3 is 25.0 Å². The molecule has 1 saturated heterocycles. The maximum atomic E-state index is 12.1. The number of hydrogen-bond donors (Lipinski definition) is 2. The van der Waals surface area contributed by atoms with Gasteiger partial charge in [-0.2, -0.15) is 0 Å². The zero-order valence-corrected chi connectivity index (χ0v) is 11.9. The van der Waals surface area contributed by atoms with Crippen molar-refractivity contribution in [1.29, 1.82) is 0 Å². The summed E-state index contributed by atoms with van der Waals surface area (Å²) in [6.07, 6.45) is 0. The van der Waals surface area contributed by atoms with Gasteiger partial charge in [0.25, 0.3) is 0 Å².